The molecule has 3 heterocycles. The first-order valence-corrected chi connectivity index (χ1v) is 7.41. The lowest BCUT2D eigenvalue weighted by Gasteiger charge is -2.13. The highest BCUT2D eigenvalue weighted by Crippen LogP contribution is 2.22. The SMILES string of the molecule is O=C(NCc1cccnc1OCC(F)(F)F)c1noc2c1COCC2. The molecule has 3 rings (SSSR count). The molecule has 25 heavy (non-hydrogen) atoms. The van der Waals surface area contributed by atoms with Crippen molar-refractivity contribution < 1.29 is 32.0 Å². The van der Waals surface area contributed by atoms with E-state index in [4.69, 9.17) is 9.26 Å². The largest absolute Gasteiger partial charge is 0.468 e. The van der Waals surface area contributed by atoms with E-state index in [2.05, 4.69) is 20.2 Å². The van der Waals surface area contributed by atoms with Crippen LogP contribution >= 0.6 is 0 Å². The zero-order valence-electron chi connectivity index (χ0n) is 12.9. The molecule has 0 unspecified atom stereocenters. The van der Waals surface area contributed by atoms with E-state index in [0.29, 0.717) is 29.9 Å². The molecule has 0 bridgehead atoms. The molecule has 0 fully saturated rings. The Bertz CT molecular complexity index is 761. The highest BCUT2D eigenvalue weighted by atomic mass is 19.4. The quantitative estimate of drug-likeness (QED) is 0.881. The normalized spacial score (nSPS) is 14.0. The van der Waals surface area contributed by atoms with E-state index in [1.54, 1.807) is 0 Å². The number of fused-ring (bicyclic) bond motifs is 1. The van der Waals surface area contributed by atoms with Crippen LogP contribution in [-0.2, 0) is 24.3 Å². The summed E-state index contributed by atoms with van der Waals surface area (Å²) in [6.07, 6.45) is -2.63. The molecular formula is C15H14F3N3O4. The zero-order chi connectivity index (χ0) is 17.9. The maximum atomic E-state index is 12.3. The van der Waals surface area contributed by atoms with Crippen molar-refractivity contribution in [1.29, 1.82) is 0 Å². The number of carbonyl (C=O) groups is 1. The maximum Gasteiger partial charge on any atom is 0.422 e. The first-order valence-electron chi connectivity index (χ1n) is 7.41. The average Bonchev–Trinajstić information content (AvgIpc) is 3.02. The summed E-state index contributed by atoms with van der Waals surface area (Å²) in [6.45, 7) is -0.797. The molecule has 0 aliphatic carbocycles. The summed E-state index contributed by atoms with van der Waals surface area (Å²) >= 11 is 0. The highest BCUT2D eigenvalue weighted by Gasteiger charge is 2.29. The standard InChI is InChI=1S/C15H14F3N3O4/c16-15(17,18)8-24-14-9(2-1-4-19-14)6-20-13(22)12-10-7-23-5-3-11(10)25-21-12/h1-2,4H,3,5-8H2,(H,20,22). The molecule has 0 aromatic carbocycles. The molecule has 0 saturated carbocycles. The molecule has 1 aliphatic rings. The van der Waals surface area contributed by atoms with E-state index < -0.39 is 18.7 Å². The average molecular weight is 357 g/mol. The monoisotopic (exact) mass is 357 g/mol. The molecule has 7 nitrogen and oxygen atoms in total. The number of alkyl halides is 3. The highest BCUT2D eigenvalue weighted by molar-refractivity contribution is 5.93. The Kier molecular flexibility index (Phi) is 4.88. The number of hydrogen-bond donors (Lipinski definition) is 1. The van der Waals surface area contributed by atoms with Crippen molar-refractivity contribution in [3.63, 3.8) is 0 Å². The lowest BCUT2D eigenvalue weighted by molar-refractivity contribution is -0.154. The summed E-state index contributed by atoms with van der Waals surface area (Å²) in [6, 6.07) is 3.05. The van der Waals surface area contributed by atoms with E-state index in [1.165, 1.54) is 18.3 Å². The van der Waals surface area contributed by atoms with Crippen molar-refractivity contribution in [2.75, 3.05) is 13.2 Å². The number of pyridine rings is 1. The minimum absolute atomic E-state index is 0.0671. The molecule has 134 valence electrons. The lowest BCUT2D eigenvalue weighted by Crippen LogP contribution is -2.26. The van der Waals surface area contributed by atoms with Crippen LogP contribution in [0.25, 0.3) is 0 Å². The van der Waals surface area contributed by atoms with Gasteiger partial charge in [-0.05, 0) is 6.07 Å². The van der Waals surface area contributed by atoms with Gasteiger partial charge in [0.2, 0.25) is 5.88 Å². The van der Waals surface area contributed by atoms with Crippen molar-refractivity contribution >= 4 is 5.91 Å². The van der Waals surface area contributed by atoms with Gasteiger partial charge in [0.1, 0.15) is 5.76 Å². The van der Waals surface area contributed by atoms with Crippen LogP contribution in [0, 0.1) is 0 Å². The molecule has 1 aliphatic heterocycles. The van der Waals surface area contributed by atoms with Crippen molar-refractivity contribution in [3.05, 3.63) is 40.9 Å². The van der Waals surface area contributed by atoms with E-state index in [0.717, 1.165) is 0 Å². The number of carbonyl (C=O) groups excluding carboxylic acids is 1. The summed E-state index contributed by atoms with van der Waals surface area (Å²) in [7, 11) is 0. The molecular weight excluding hydrogens is 343 g/mol. The van der Waals surface area contributed by atoms with Crippen LogP contribution in [0.3, 0.4) is 0 Å². The Labute approximate surface area is 140 Å². The zero-order valence-corrected chi connectivity index (χ0v) is 12.9. The lowest BCUT2D eigenvalue weighted by atomic mass is 10.1. The maximum absolute atomic E-state index is 12.3. The fraction of sp³-hybridized carbons (Fsp3) is 0.400. The first-order chi connectivity index (χ1) is 11.9. The second-order valence-electron chi connectivity index (χ2n) is 5.29. The molecule has 10 heteroatoms. The number of nitrogens with one attached hydrogen (secondary N) is 1. The number of nitrogens with zero attached hydrogens (tertiary/aromatic N) is 2. The first kappa shape index (κ1) is 17.2. The van der Waals surface area contributed by atoms with Gasteiger partial charge in [-0.1, -0.05) is 11.2 Å². The van der Waals surface area contributed by atoms with E-state index in [-0.39, 0.29) is 24.7 Å². The van der Waals surface area contributed by atoms with Crippen LogP contribution < -0.4 is 10.1 Å². The second kappa shape index (κ2) is 7.09. The van der Waals surface area contributed by atoms with Gasteiger partial charge in [0.15, 0.2) is 12.3 Å². The van der Waals surface area contributed by atoms with Crippen LogP contribution in [-0.4, -0.2) is 35.4 Å². The van der Waals surface area contributed by atoms with Crippen LogP contribution in [0.15, 0.2) is 22.9 Å². The Morgan fingerprint density at radius 3 is 3.04 bits per heavy atom. The molecule has 0 saturated heterocycles. The summed E-state index contributed by atoms with van der Waals surface area (Å²) in [5, 5.41) is 6.31. The number of amides is 1. The van der Waals surface area contributed by atoms with E-state index >= 15 is 0 Å². The van der Waals surface area contributed by atoms with Gasteiger partial charge in [0.05, 0.1) is 18.8 Å². The Hall–Kier alpha value is -2.62. The van der Waals surface area contributed by atoms with Crippen molar-refractivity contribution in [2.45, 2.75) is 25.7 Å². The van der Waals surface area contributed by atoms with Crippen LogP contribution in [0.5, 0.6) is 5.88 Å². The Morgan fingerprint density at radius 1 is 1.40 bits per heavy atom. The van der Waals surface area contributed by atoms with Crippen molar-refractivity contribution in [1.82, 2.24) is 15.5 Å². The number of aromatic nitrogens is 2. The summed E-state index contributed by atoms with van der Waals surface area (Å²) in [5.41, 5.74) is 1.01. The van der Waals surface area contributed by atoms with Crippen LogP contribution in [0.4, 0.5) is 13.2 Å². The van der Waals surface area contributed by atoms with Gasteiger partial charge in [-0.3, -0.25) is 4.79 Å². The summed E-state index contributed by atoms with van der Waals surface area (Å²) in [4.78, 5) is 16.0. The smallest absolute Gasteiger partial charge is 0.422 e. The van der Waals surface area contributed by atoms with Crippen LogP contribution in [0.2, 0.25) is 0 Å². The molecule has 2 aromatic heterocycles. The Morgan fingerprint density at radius 2 is 2.24 bits per heavy atom. The fourth-order valence-corrected chi connectivity index (χ4v) is 2.30. The third kappa shape index (κ3) is 4.27. The molecule has 2 aromatic rings. The van der Waals surface area contributed by atoms with Crippen molar-refractivity contribution in [2.24, 2.45) is 0 Å². The van der Waals surface area contributed by atoms with Gasteiger partial charge in [-0.15, -0.1) is 0 Å². The van der Waals surface area contributed by atoms with Gasteiger partial charge in [0.25, 0.3) is 5.91 Å². The van der Waals surface area contributed by atoms with Gasteiger partial charge in [0, 0.05) is 24.7 Å². The topological polar surface area (TPSA) is 86.5 Å². The molecule has 0 radical (unpaired) electrons. The molecule has 1 amide bonds. The minimum atomic E-state index is -4.47. The summed E-state index contributed by atoms with van der Waals surface area (Å²) in [5.74, 6) is -0.0984. The number of rotatable bonds is 5. The van der Waals surface area contributed by atoms with Crippen LogP contribution in [0.1, 0.15) is 27.4 Å². The van der Waals surface area contributed by atoms with Crippen molar-refractivity contribution in [3.8, 4) is 5.88 Å². The van der Waals surface area contributed by atoms with Gasteiger partial charge >= 0.3 is 6.18 Å². The number of halogens is 3. The van der Waals surface area contributed by atoms with Gasteiger partial charge in [-0.2, -0.15) is 13.2 Å². The van der Waals surface area contributed by atoms with E-state index in [1.807, 2.05) is 0 Å². The predicted octanol–water partition coefficient (Wildman–Crippen LogP) is 2.01. The van der Waals surface area contributed by atoms with Gasteiger partial charge < -0.3 is 19.3 Å². The minimum Gasteiger partial charge on any atom is -0.468 e. The number of ether oxygens (including phenoxy) is 2. The predicted molar refractivity (Wildman–Crippen MR) is 76.8 cm³/mol. The fourth-order valence-electron chi connectivity index (χ4n) is 2.30. The van der Waals surface area contributed by atoms with E-state index in [9.17, 15) is 18.0 Å². The third-order valence-corrected chi connectivity index (χ3v) is 3.47. The summed E-state index contributed by atoms with van der Waals surface area (Å²) < 4.78 is 51.9. The second-order valence-corrected chi connectivity index (χ2v) is 5.29. The third-order valence-electron chi connectivity index (χ3n) is 3.47. The van der Waals surface area contributed by atoms with Gasteiger partial charge in [-0.25, -0.2) is 4.98 Å². The molecule has 0 spiro atoms. The number of hydrogen-bond acceptors (Lipinski definition) is 6. The Balaban J connectivity index is 1.65. The molecule has 1 N–H and O–H groups in total. The molecule has 0 atom stereocenters.